The normalized spacial score (nSPS) is 20.6. The Morgan fingerprint density at radius 3 is 3.06 bits per heavy atom. The van der Waals surface area contributed by atoms with E-state index in [0.717, 1.165) is 43.2 Å². The number of methoxy groups -OCH3 is 1. The molecule has 1 unspecified atom stereocenters. The molecule has 1 fully saturated rings. The number of aryl methyl sites for hydroxylation is 1. The second-order valence-corrected chi connectivity index (χ2v) is 4.65. The Bertz CT molecular complexity index is 552. The summed E-state index contributed by atoms with van der Waals surface area (Å²) in [5.74, 6) is 1.78. The molecule has 0 aromatic carbocycles. The van der Waals surface area contributed by atoms with Crippen molar-refractivity contribution in [3.8, 4) is 0 Å². The number of aromatic nitrogens is 4. The number of hydrogen-bond donors (Lipinski definition) is 0. The molecule has 3 rings (SSSR count). The van der Waals surface area contributed by atoms with E-state index in [-0.39, 0.29) is 0 Å². The maximum atomic E-state index is 5.44. The zero-order valence-electron chi connectivity index (χ0n) is 10.7. The summed E-state index contributed by atoms with van der Waals surface area (Å²) in [6.45, 7) is 3.83. The van der Waals surface area contributed by atoms with Crippen LogP contribution in [0, 0.1) is 6.92 Å². The topological polar surface area (TPSA) is 55.5 Å². The first-order valence-corrected chi connectivity index (χ1v) is 6.25. The Labute approximate surface area is 106 Å². The van der Waals surface area contributed by atoms with Crippen LogP contribution in [-0.4, -0.2) is 46.1 Å². The van der Waals surface area contributed by atoms with E-state index in [2.05, 4.69) is 20.2 Å². The molecule has 18 heavy (non-hydrogen) atoms. The second-order valence-electron chi connectivity index (χ2n) is 4.65. The third-order valence-electron chi connectivity index (χ3n) is 3.44. The van der Waals surface area contributed by atoms with Gasteiger partial charge in [-0.2, -0.15) is 4.52 Å². The van der Waals surface area contributed by atoms with Crippen LogP contribution in [-0.2, 0) is 4.74 Å². The molecule has 0 spiro atoms. The van der Waals surface area contributed by atoms with E-state index >= 15 is 0 Å². The predicted molar refractivity (Wildman–Crippen MR) is 67.8 cm³/mol. The van der Waals surface area contributed by atoms with Crippen molar-refractivity contribution in [3.63, 3.8) is 0 Å². The quantitative estimate of drug-likeness (QED) is 0.794. The molecule has 0 N–H and O–H groups in total. The van der Waals surface area contributed by atoms with E-state index in [1.807, 2.05) is 19.1 Å². The van der Waals surface area contributed by atoms with E-state index in [4.69, 9.17) is 4.74 Å². The lowest BCUT2D eigenvalue weighted by molar-refractivity contribution is 0.0891. The monoisotopic (exact) mass is 247 g/mol. The number of hydrogen-bond acceptors (Lipinski definition) is 5. The van der Waals surface area contributed by atoms with E-state index < -0.39 is 0 Å². The van der Waals surface area contributed by atoms with Gasteiger partial charge in [-0.3, -0.25) is 0 Å². The van der Waals surface area contributed by atoms with Crippen LogP contribution in [0.1, 0.15) is 18.7 Å². The summed E-state index contributed by atoms with van der Waals surface area (Å²) >= 11 is 0. The molecule has 6 nitrogen and oxygen atoms in total. The van der Waals surface area contributed by atoms with Crippen LogP contribution in [0.4, 0.5) is 5.82 Å². The molecular weight excluding hydrogens is 230 g/mol. The smallest absolute Gasteiger partial charge is 0.178 e. The van der Waals surface area contributed by atoms with E-state index in [1.165, 1.54) is 0 Å². The highest BCUT2D eigenvalue weighted by atomic mass is 16.5. The summed E-state index contributed by atoms with van der Waals surface area (Å²) in [5.41, 5.74) is 0.788. The van der Waals surface area contributed by atoms with Gasteiger partial charge >= 0.3 is 0 Å². The average molecular weight is 247 g/mol. The van der Waals surface area contributed by atoms with Crippen LogP contribution in [0.2, 0.25) is 0 Å². The number of ether oxygens (including phenoxy) is 1. The standard InChI is InChI=1S/C12H17N5O/c1-9-13-14-11-5-6-12(15-17(9)11)16-7-3-4-10(8-16)18-2/h5-6,10H,3-4,7-8H2,1-2H3. The molecule has 1 saturated heterocycles. The molecule has 2 aromatic heterocycles. The molecule has 0 aliphatic carbocycles. The maximum Gasteiger partial charge on any atom is 0.178 e. The highest BCUT2D eigenvalue weighted by Crippen LogP contribution is 2.19. The summed E-state index contributed by atoms with van der Waals surface area (Å²) in [5, 5.41) is 12.7. The van der Waals surface area contributed by atoms with Crippen LogP contribution in [0.5, 0.6) is 0 Å². The summed E-state index contributed by atoms with van der Waals surface area (Å²) in [4.78, 5) is 2.26. The molecule has 1 aliphatic rings. The molecule has 1 atom stereocenters. The number of rotatable bonds is 2. The Hall–Kier alpha value is -1.69. The summed E-state index contributed by atoms with van der Waals surface area (Å²) in [7, 11) is 1.77. The van der Waals surface area contributed by atoms with E-state index in [1.54, 1.807) is 11.6 Å². The fraction of sp³-hybridized carbons (Fsp3) is 0.583. The van der Waals surface area contributed by atoms with Crippen molar-refractivity contribution in [1.29, 1.82) is 0 Å². The van der Waals surface area contributed by atoms with Crippen molar-refractivity contribution >= 4 is 11.5 Å². The number of nitrogens with zero attached hydrogens (tertiary/aromatic N) is 5. The van der Waals surface area contributed by atoms with Gasteiger partial charge < -0.3 is 9.64 Å². The second kappa shape index (κ2) is 4.53. The fourth-order valence-electron chi connectivity index (χ4n) is 2.39. The maximum absolute atomic E-state index is 5.44. The minimum Gasteiger partial charge on any atom is -0.380 e. The average Bonchev–Trinajstić information content (AvgIpc) is 2.80. The van der Waals surface area contributed by atoms with E-state index in [9.17, 15) is 0 Å². The lowest BCUT2D eigenvalue weighted by Gasteiger charge is -2.32. The Morgan fingerprint density at radius 2 is 2.22 bits per heavy atom. The van der Waals surface area contributed by atoms with E-state index in [0.29, 0.717) is 6.10 Å². The van der Waals surface area contributed by atoms with Crippen LogP contribution in [0.15, 0.2) is 12.1 Å². The molecule has 0 radical (unpaired) electrons. The first-order chi connectivity index (χ1) is 8.78. The van der Waals surface area contributed by atoms with Crippen molar-refractivity contribution in [2.24, 2.45) is 0 Å². The van der Waals surface area contributed by atoms with Crippen molar-refractivity contribution in [3.05, 3.63) is 18.0 Å². The Kier molecular flexibility index (Phi) is 2.87. The lowest BCUT2D eigenvalue weighted by Crippen LogP contribution is -2.39. The molecule has 96 valence electrons. The van der Waals surface area contributed by atoms with Gasteiger partial charge in [-0.25, -0.2) is 0 Å². The summed E-state index contributed by atoms with van der Waals surface area (Å²) < 4.78 is 7.22. The number of anilines is 1. The van der Waals surface area contributed by atoms with Gasteiger partial charge in [0.05, 0.1) is 6.10 Å². The van der Waals surface area contributed by atoms with Gasteiger partial charge in [-0.05, 0) is 31.9 Å². The van der Waals surface area contributed by atoms with Crippen LogP contribution in [0.3, 0.4) is 0 Å². The molecule has 0 amide bonds. The molecule has 0 saturated carbocycles. The minimum atomic E-state index is 0.304. The van der Waals surface area contributed by atoms with Gasteiger partial charge in [0.15, 0.2) is 11.5 Å². The molecule has 0 bridgehead atoms. The van der Waals surface area contributed by atoms with Gasteiger partial charge in [0.25, 0.3) is 0 Å². The predicted octanol–water partition coefficient (Wildman–Crippen LogP) is 1.05. The molecule has 2 aromatic rings. The van der Waals surface area contributed by atoms with Gasteiger partial charge in [0, 0.05) is 20.2 Å². The highest BCUT2D eigenvalue weighted by Gasteiger charge is 2.21. The third kappa shape index (κ3) is 1.92. The molecule has 1 aliphatic heterocycles. The third-order valence-corrected chi connectivity index (χ3v) is 3.44. The highest BCUT2D eigenvalue weighted by molar-refractivity contribution is 5.46. The van der Waals surface area contributed by atoms with Gasteiger partial charge in [0.1, 0.15) is 5.82 Å². The number of piperidine rings is 1. The van der Waals surface area contributed by atoms with Gasteiger partial charge in [0.2, 0.25) is 0 Å². The van der Waals surface area contributed by atoms with Crippen LogP contribution >= 0.6 is 0 Å². The zero-order chi connectivity index (χ0) is 12.5. The number of fused-ring (bicyclic) bond motifs is 1. The van der Waals surface area contributed by atoms with Crippen molar-refractivity contribution in [2.75, 3.05) is 25.1 Å². The molecular formula is C12H17N5O. The Morgan fingerprint density at radius 1 is 1.33 bits per heavy atom. The fourth-order valence-corrected chi connectivity index (χ4v) is 2.39. The molecule has 6 heteroatoms. The summed E-state index contributed by atoms with van der Waals surface area (Å²) in [6.07, 6.45) is 2.57. The largest absolute Gasteiger partial charge is 0.380 e. The van der Waals surface area contributed by atoms with Crippen molar-refractivity contribution < 1.29 is 4.74 Å². The zero-order valence-corrected chi connectivity index (χ0v) is 10.7. The van der Waals surface area contributed by atoms with Gasteiger partial charge in [-0.15, -0.1) is 15.3 Å². The van der Waals surface area contributed by atoms with Crippen molar-refractivity contribution in [2.45, 2.75) is 25.9 Å². The Balaban J connectivity index is 1.91. The minimum absolute atomic E-state index is 0.304. The van der Waals surface area contributed by atoms with Gasteiger partial charge in [-0.1, -0.05) is 0 Å². The molecule has 3 heterocycles. The summed E-state index contributed by atoms with van der Waals surface area (Å²) in [6, 6.07) is 3.96. The first-order valence-electron chi connectivity index (χ1n) is 6.25. The van der Waals surface area contributed by atoms with Crippen LogP contribution < -0.4 is 4.90 Å². The SMILES string of the molecule is COC1CCCN(c2ccc3nnc(C)n3n2)C1. The van der Waals surface area contributed by atoms with Crippen molar-refractivity contribution in [1.82, 2.24) is 19.8 Å². The first kappa shape index (κ1) is 11.4. The lowest BCUT2D eigenvalue weighted by atomic mass is 10.1. The van der Waals surface area contributed by atoms with Crippen LogP contribution in [0.25, 0.3) is 5.65 Å².